The number of aryl methyl sites for hydroxylation is 1. The average molecular weight is 329 g/mol. The molecule has 0 saturated carbocycles. The molecule has 2 heterocycles. The number of carbonyl (C=O) groups is 3. The molecule has 2 atom stereocenters. The summed E-state index contributed by atoms with van der Waals surface area (Å²) in [6, 6.07) is 7.81. The van der Waals surface area contributed by atoms with E-state index in [-0.39, 0.29) is 36.3 Å². The number of hydrogen-bond donors (Lipinski definition) is 1. The Morgan fingerprint density at radius 2 is 2.00 bits per heavy atom. The standard InChI is InChI=1S/C18H23N3O3/c1-12-5-3-4-6-14(12)7-17(23)20-10-16-8-15(19-13(2)22)9-21(16)18(24)11-20/h3-6,15-16H,7-11H2,1-2H3,(H,19,22)/t15-,16-/m0/s1. The van der Waals surface area contributed by atoms with Crippen LogP contribution in [0.4, 0.5) is 0 Å². The zero-order valence-electron chi connectivity index (χ0n) is 14.1. The van der Waals surface area contributed by atoms with Crippen LogP contribution in [0.5, 0.6) is 0 Å². The Kier molecular flexibility index (Phi) is 4.55. The maximum atomic E-state index is 12.6. The minimum Gasteiger partial charge on any atom is -0.352 e. The molecular weight excluding hydrogens is 306 g/mol. The van der Waals surface area contributed by atoms with E-state index in [0.29, 0.717) is 25.9 Å². The minimum atomic E-state index is -0.0835. The Balaban J connectivity index is 1.64. The van der Waals surface area contributed by atoms with E-state index in [9.17, 15) is 14.4 Å². The Morgan fingerprint density at radius 1 is 1.25 bits per heavy atom. The smallest absolute Gasteiger partial charge is 0.242 e. The number of nitrogens with one attached hydrogen (secondary N) is 1. The topological polar surface area (TPSA) is 69.7 Å². The predicted octanol–water partition coefficient (Wildman–Crippen LogP) is 0.485. The molecule has 128 valence electrons. The van der Waals surface area contributed by atoms with E-state index in [4.69, 9.17) is 0 Å². The van der Waals surface area contributed by atoms with Gasteiger partial charge in [-0.05, 0) is 24.5 Å². The largest absolute Gasteiger partial charge is 0.352 e. The van der Waals surface area contributed by atoms with E-state index < -0.39 is 0 Å². The fourth-order valence-electron chi connectivity index (χ4n) is 3.63. The molecule has 0 bridgehead atoms. The molecule has 6 nitrogen and oxygen atoms in total. The number of carbonyl (C=O) groups excluding carboxylic acids is 3. The SMILES string of the molecule is CC(=O)N[C@H]1C[C@H]2CN(C(=O)Cc3ccccc3C)CC(=O)N2C1. The van der Waals surface area contributed by atoms with Crippen molar-refractivity contribution in [1.29, 1.82) is 0 Å². The molecule has 2 aliphatic heterocycles. The molecule has 0 aromatic heterocycles. The van der Waals surface area contributed by atoms with Crippen molar-refractivity contribution >= 4 is 17.7 Å². The lowest BCUT2D eigenvalue weighted by atomic mass is 10.0. The van der Waals surface area contributed by atoms with Gasteiger partial charge >= 0.3 is 0 Å². The molecule has 6 heteroatoms. The lowest BCUT2D eigenvalue weighted by Crippen LogP contribution is -2.55. The molecule has 0 radical (unpaired) electrons. The summed E-state index contributed by atoms with van der Waals surface area (Å²) >= 11 is 0. The van der Waals surface area contributed by atoms with E-state index in [0.717, 1.165) is 11.1 Å². The van der Waals surface area contributed by atoms with Gasteiger partial charge < -0.3 is 15.1 Å². The summed E-state index contributed by atoms with van der Waals surface area (Å²) in [5.74, 6) is -0.128. The lowest BCUT2D eigenvalue weighted by molar-refractivity contribution is -0.146. The summed E-state index contributed by atoms with van der Waals surface area (Å²) in [6.07, 6.45) is 1.03. The molecule has 1 aromatic rings. The second kappa shape index (κ2) is 6.63. The van der Waals surface area contributed by atoms with Gasteiger partial charge in [-0.15, -0.1) is 0 Å². The van der Waals surface area contributed by atoms with Gasteiger partial charge in [0, 0.05) is 26.1 Å². The Morgan fingerprint density at radius 3 is 2.71 bits per heavy atom. The van der Waals surface area contributed by atoms with Crippen molar-refractivity contribution in [3.63, 3.8) is 0 Å². The molecule has 2 saturated heterocycles. The summed E-state index contributed by atoms with van der Waals surface area (Å²) < 4.78 is 0. The molecule has 0 aliphatic carbocycles. The molecule has 24 heavy (non-hydrogen) atoms. The zero-order valence-corrected chi connectivity index (χ0v) is 14.1. The van der Waals surface area contributed by atoms with E-state index >= 15 is 0 Å². The van der Waals surface area contributed by atoms with Crippen LogP contribution >= 0.6 is 0 Å². The molecule has 1 aromatic carbocycles. The van der Waals surface area contributed by atoms with Crippen LogP contribution in [0.15, 0.2) is 24.3 Å². The molecule has 3 rings (SSSR count). The molecule has 2 aliphatic rings. The molecule has 0 spiro atoms. The number of rotatable bonds is 3. The van der Waals surface area contributed by atoms with Gasteiger partial charge in [-0.1, -0.05) is 24.3 Å². The number of benzene rings is 1. The first-order valence-electron chi connectivity index (χ1n) is 8.33. The normalized spacial score (nSPS) is 23.2. The molecule has 0 unspecified atom stereocenters. The Bertz CT molecular complexity index is 673. The van der Waals surface area contributed by atoms with Crippen molar-refractivity contribution in [3.05, 3.63) is 35.4 Å². The van der Waals surface area contributed by atoms with Gasteiger partial charge in [-0.2, -0.15) is 0 Å². The fraction of sp³-hybridized carbons (Fsp3) is 0.500. The second-order valence-corrected chi connectivity index (χ2v) is 6.71. The molecule has 1 N–H and O–H groups in total. The Hall–Kier alpha value is -2.37. The van der Waals surface area contributed by atoms with Crippen LogP contribution in [0.1, 0.15) is 24.5 Å². The predicted molar refractivity (Wildman–Crippen MR) is 89.2 cm³/mol. The van der Waals surface area contributed by atoms with Gasteiger partial charge in [0.25, 0.3) is 0 Å². The number of fused-ring (bicyclic) bond motifs is 1. The third-order valence-electron chi connectivity index (χ3n) is 4.86. The molecule has 3 amide bonds. The van der Waals surface area contributed by atoms with Crippen molar-refractivity contribution in [2.75, 3.05) is 19.6 Å². The van der Waals surface area contributed by atoms with Gasteiger partial charge in [-0.3, -0.25) is 14.4 Å². The third kappa shape index (κ3) is 3.42. The minimum absolute atomic E-state index is 0.00363. The van der Waals surface area contributed by atoms with Crippen LogP contribution in [-0.2, 0) is 20.8 Å². The maximum absolute atomic E-state index is 12.6. The average Bonchev–Trinajstić information content (AvgIpc) is 2.91. The highest BCUT2D eigenvalue weighted by Crippen LogP contribution is 2.23. The van der Waals surface area contributed by atoms with Crippen LogP contribution < -0.4 is 5.32 Å². The highest BCUT2D eigenvalue weighted by atomic mass is 16.2. The van der Waals surface area contributed by atoms with Crippen molar-refractivity contribution in [2.24, 2.45) is 0 Å². The van der Waals surface area contributed by atoms with Crippen LogP contribution in [0.2, 0.25) is 0 Å². The second-order valence-electron chi connectivity index (χ2n) is 6.71. The first-order chi connectivity index (χ1) is 11.4. The van der Waals surface area contributed by atoms with Crippen LogP contribution in [0.3, 0.4) is 0 Å². The van der Waals surface area contributed by atoms with Crippen LogP contribution in [0, 0.1) is 6.92 Å². The van der Waals surface area contributed by atoms with Gasteiger partial charge in [-0.25, -0.2) is 0 Å². The number of hydrogen-bond acceptors (Lipinski definition) is 3. The summed E-state index contributed by atoms with van der Waals surface area (Å²) in [4.78, 5) is 39.6. The van der Waals surface area contributed by atoms with Gasteiger partial charge in [0.05, 0.1) is 19.0 Å². The zero-order chi connectivity index (χ0) is 17.3. The third-order valence-corrected chi connectivity index (χ3v) is 4.86. The van der Waals surface area contributed by atoms with Gasteiger partial charge in [0.1, 0.15) is 0 Å². The van der Waals surface area contributed by atoms with Crippen molar-refractivity contribution in [2.45, 2.75) is 38.8 Å². The highest BCUT2D eigenvalue weighted by molar-refractivity contribution is 5.87. The van der Waals surface area contributed by atoms with Gasteiger partial charge in [0.15, 0.2) is 0 Å². The molecule has 2 fully saturated rings. The summed E-state index contributed by atoms with van der Waals surface area (Å²) in [6.45, 7) is 4.70. The van der Waals surface area contributed by atoms with Crippen molar-refractivity contribution in [3.8, 4) is 0 Å². The van der Waals surface area contributed by atoms with E-state index in [1.54, 1.807) is 9.80 Å². The van der Waals surface area contributed by atoms with Crippen LogP contribution in [0.25, 0.3) is 0 Å². The summed E-state index contributed by atoms with van der Waals surface area (Å²) in [7, 11) is 0. The van der Waals surface area contributed by atoms with Crippen molar-refractivity contribution in [1.82, 2.24) is 15.1 Å². The first-order valence-corrected chi connectivity index (χ1v) is 8.33. The Labute approximate surface area is 141 Å². The molecular formula is C18H23N3O3. The highest BCUT2D eigenvalue weighted by Gasteiger charge is 2.41. The van der Waals surface area contributed by atoms with E-state index in [2.05, 4.69) is 5.32 Å². The summed E-state index contributed by atoms with van der Waals surface area (Å²) in [5.41, 5.74) is 2.09. The maximum Gasteiger partial charge on any atom is 0.242 e. The monoisotopic (exact) mass is 329 g/mol. The fourth-order valence-corrected chi connectivity index (χ4v) is 3.63. The van der Waals surface area contributed by atoms with Crippen molar-refractivity contribution < 1.29 is 14.4 Å². The van der Waals surface area contributed by atoms with Gasteiger partial charge in [0.2, 0.25) is 17.7 Å². The van der Waals surface area contributed by atoms with E-state index in [1.165, 1.54) is 6.92 Å². The number of amides is 3. The van der Waals surface area contributed by atoms with Crippen LogP contribution in [-0.4, -0.2) is 59.2 Å². The quantitative estimate of drug-likeness (QED) is 0.877. The number of piperazine rings is 1. The number of nitrogens with zero attached hydrogens (tertiary/aromatic N) is 2. The van der Waals surface area contributed by atoms with E-state index in [1.807, 2.05) is 31.2 Å². The summed E-state index contributed by atoms with van der Waals surface area (Å²) in [5, 5.41) is 2.87. The first kappa shape index (κ1) is 16.5. The lowest BCUT2D eigenvalue weighted by Gasteiger charge is -2.37.